The van der Waals surface area contributed by atoms with E-state index in [1.807, 2.05) is 27.8 Å². The third-order valence-electron chi connectivity index (χ3n) is 2.89. The number of hydrogen-bond donors (Lipinski definition) is 1. The molecule has 0 aliphatic rings. The molecular formula is C15H22F3NO. The third kappa shape index (κ3) is 5.92. The summed E-state index contributed by atoms with van der Waals surface area (Å²) in [4.78, 5) is 0. The molecule has 0 radical (unpaired) electrons. The van der Waals surface area contributed by atoms with Crippen molar-refractivity contribution in [2.75, 3.05) is 13.7 Å². The third-order valence-corrected chi connectivity index (χ3v) is 2.89. The summed E-state index contributed by atoms with van der Waals surface area (Å²) in [6, 6.07) is 5.35. The number of rotatable bonds is 5. The number of nitrogens with one attached hydrogen (secondary N) is 1. The van der Waals surface area contributed by atoms with Gasteiger partial charge in [0, 0.05) is 6.04 Å². The number of ether oxygens (including phenoxy) is 1. The monoisotopic (exact) mass is 289 g/mol. The average Bonchev–Trinajstić information content (AvgIpc) is 2.33. The standard InChI is InChI=1S/C15H22F3NO/c1-14(2,3)20-10-13(19-4)9-11-5-7-12(8-6-11)15(16,17)18/h5-8,13,19H,9-10H2,1-4H3. The summed E-state index contributed by atoms with van der Waals surface area (Å²) >= 11 is 0. The smallest absolute Gasteiger partial charge is 0.374 e. The van der Waals surface area contributed by atoms with Gasteiger partial charge in [0.1, 0.15) is 0 Å². The first-order chi connectivity index (χ1) is 9.12. The summed E-state index contributed by atoms with van der Waals surface area (Å²) in [7, 11) is 1.82. The summed E-state index contributed by atoms with van der Waals surface area (Å²) in [6.07, 6.45) is -3.65. The van der Waals surface area contributed by atoms with Crippen LogP contribution in [0.4, 0.5) is 13.2 Å². The molecule has 2 nitrogen and oxygen atoms in total. The largest absolute Gasteiger partial charge is 0.416 e. The lowest BCUT2D eigenvalue weighted by atomic mass is 10.0. The molecule has 1 aromatic carbocycles. The van der Waals surface area contributed by atoms with Crippen molar-refractivity contribution in [2.24, 2.45) is 0 Å². The zero-order valence-corrected chi connectivity index (χ0v) is 12.3. The maximum absolute atomic E-state index is 12.5. The van der Waals surface area contributed by atoms with Gasteiger partial charge in [0.15, 0.2) is 0 Å². The van der Waals surface area contributed by atoms with Crippen molar-refractivity contribution in [2.45, 2.75) is 45.0 Å². The van der Waals surface area contributed by atoms with Gasteiger partial charge in [0.2, 0.25) is 0 Å². The van der Waals surface area contributed by atoms with Crippen LogP contribution in [0.1, 0.15) is 31.9 Å². The van der Waals surface area contributed by atoms with Crippen LogP contribution in [0.15, 0.2) is 24.3 Å². The first-order valence-electron chi connectivity index (χ1n) is 6.59. The molecule has 0 amide bonds. The highest BCUT2D eigenvalue weighted by molar-refractivity contribution is 5.25. The number of hydrogen-bond acceptors (Lipinski definition) is 2. The fourth-order valence-electron chi connectivity index (χ4n) is 1.71. The molecule has 114 valence electrons. The lowest BCUT2D eigenvalue weighted by Gasteiger charge is -2.24. The second-order valence-electron chi connectivity index (χ2n) is 5.81. The molecule has 1 atom stereocenters. The van der Waals surface area contributed by atoms with Crippen molar-refractivity contribution in [3.8, 4) is 0 Å². The van der Waals surface area contributed by atoms with Crippen LogP contribution in [-0.2, 0) is 17.3 Å². The van der Waals surface area contributed by atoms with Crippen LogP contribution in [-0.4, -0.2) is 25.3 Å². The lowest BCUT2D eigenvalue weighted by molar-refractivity contribution is -0.137. The van der Waals surface area contributed by atoms with E-state index < -0.39 is 11.7 Å². The predicted octanol–water partition coefficient (Wildman–Crippen LogP) is 3.65. The molecule has 0 saturated heterocycles. The van der Waals surface area contributed by atoms with Crippen LogP contribution in [0.3, 0.4) is 0 Å². The molecule has 0 heterocycles. The molecule has 20 heavy (non-hydrogen) atoms. The van der Waals surface area contributed by atoms with Crippen molar-refractivity contribution in [1.29, 1.82) is 0 Å². The molecule has 5 heteroatoms. The number of benzene rings is 1. The molecule has 0 aliphatic heterocycles. The van der Waals surface area contributed by atoms with Crippen LogP contribution in [0.5, 0.6) is 0 Å². The highest BCUT2D eigenvalue weighted by Gasteiger charge is 2.30. The van der Waals surface area contributed by atoms with Crippen LogP contribution < -0.4 is 5.32 Å². The Morgan fingerprint density at radius 1 is 1.10 bits per heavy atom. The van der Waals surface area contributed by atoms with Gasteiger partial charge in [-0.1, -0.05) is 12.1 Å². The second-order valence-corrected chi connectivity index (χ2v) is 5.81. The first kappa shape index (κ1) is 17.0. The van der Waals surface area contributed by atoms with Gasteiger partial charge in [-0.2, -0.15) is 13.2 Å². The van der Waals surface area contributed by atoms with Crippen molar-refractivity contribution in [3.05, 3.63) is 35.4 Å². The second kappa shape index (κ2) is 6.59. The van der Waals surface area contributed by atoms with Crippen LogP contribution in [0, 0.1) is 0 Å². The maximum atomic E-state index is 12.5. The van der Waals surface area contributed by atoms with Gasteiger partial charge in [-0.25, -0.2) is 0 Å². The molecule has 0 aliphatic carbocycles. The Labute approximate surface area is 118 Å². The van der Waals surface area contributed by atoms with E-state index in [9.17, 15) is 13.2 Å². The SMILES string of the molecule is CNC(COC(C)(C)C)Cc1ccc(C(F)(F)F)cc1. The molecule has 0 bridgehead atoms. The minimum Gasteiger partial charge on any atom is -0.374 e. The molecule has 1 N–H and O–H groups in total. The lowest BCUT2D eigenvalue weighted by Crippen LogP contribution is -2.36. The molecule has 1 unspecified atom stereocenters. The van der Waals surface area contributed by atoms with Gasteiger partial charge in [-0.15, -0.1) is 0 Å². The molecule has 0 saturated carbocycles. The van der Waals surface area contributed by atoms with Gasteiger partial charge >= 0.3 is 6.18 Å². The minimum absolute atomic E-state index is 0.0750. The maximum Gasteiger partial charge on any atom is 0.416 e. The highest BCUT2D eigenvalue weighted by Crippen LogP contribution is 2.29. The minimum atomic E-state index is -4.28. The quantitative estimate of drug-likeness (QED) is 0.893. The summed E-state index contributed by atoms with van der Waals surface area (Å²) < 4.78 is 43.1. The predicted molar refractivity (Wildman–Crippen MR) is 73.7 cm³/mol. The zero-order valence-electron chi connectivity index (χ0n) is 12.3. The summed E-state index contributed by atoms with van der Waals surface area (Å²) in [6.45, 7) is 6.43. The van der Waals surface area contributed by atoms with E-state index in [0.717, 1.165) is 17.7 Å². The van der Waals surface area contributed by atoms with E-state index in [-0.39, 0.29) is 11.6 Å². The van der Waals surface area contributed by atoms with E-state index in [1.165, 1.54) is 12.1 Å². The van der Waals surface area contributed by atoms with E-state index in [1.54, 1.807) is 0 Å². The molecule has 1 aromatic rings. The summed E-state index contributed by atoms with van der Waals surface area (Å²) in [5.41, 5.74) is 0.0120. The van der Waals surface area contributed by atoms with Gasteiger partial charge in [0.05, 0.1) is 17.8 Å². The molecule has 0 aromatic heterocycles. The number of likely N-dealkylation sites (N-methyl/N-ethyl adjacent to an activating group) is 1. The number of halogens is 3. The molecule has 0 fully saturated rings. The Balaban J connectivity index is 2.62. The van der Waals surface area contributed by atoms with Crippen molar-refractivity contribution in [3.63, 3.8) is 0 Å². The molecule has 1 rings (SSSR count). The van der Waals surface area contributed by atoms with E-state index in [0.29, 0.717) is 13.0 Å². The Bertz CT molecular complexity index is 407. The Morgan fingerprint density at radius 2 is 1.65 bits per heavy atom. The van der Waals surface area contributed by atoms with Crippen LogP contribution >= 0.6 is 0 Å². The van der Waals surface area contributed by atoms with E-state index >= 15 is 0 Å². The summed E-state index contributed by atoms with van der Waals surface area (Å²) in [5, 5.41) is 3.12. The fourth-order valence-corrected chi connectivity index (χ4v) is 1.71. The van der Waals surface area contributed by atoms with E-state index in [4.69, 9.17) is 4.74 Å². The Hall–Kier alpha value is -1.07. The van der Waals surface area contributed by atoms with Crippen LogP contribution in [0.2, 0.25) is 0 Å². The van der Waals surface area contributed by atoms with Gasteiger partial charge in [-0.05, 0) is 51.9 Å². The zero-order chi connectivity index (χ0) is 15.4. The highest BCUT2D eigenvalue weighted by atomic mass is 19.4. The van der Waals surface area contributed by atoms with Crippen molar-refractivity contribution < 1.29 is 17.9 Å². The van der Waals surface area contributed by atoms with Gasteiger partial charge in [0.25, 0.3) is 0 Å². The molecular weight excluding hydrogens is 267 g/mol. The Kier molecular flexibility index (Phi) is 5.59. The summed E-state index contributed by atoms with van der Waals surface area (Å²) in [5.74, 6) is 0. The Morgan fingerprint density at radius 3 is 2.05 bits per heavy atom. The average molecular weight is 289 g/mol. The van der Waals surface area contributed by atoms with Gasteiger partial charge < -0.3 is 10.1 Å². The van der Waals surface area contributed by atoms with Crippen LogP contribution in [0.25, 0.3) is 0 Å². The van der Waals surface area contributed by atoms with Crippen molar-refractivity contribution >= 4 is 0 Å². The first-order valence-corrected chi connectivity index (χ1v) is 6.59. The normalized spacial score (nSPS) is 14.3. The van der Waals surface area contributed by atoms with Gasteiger partial charge in [-0.3, -0.25) is 0 Å². The fraction of sp³-hybridized carbons (Fsp3) is 0.600. The molecule has 0 spiro atoms. The number of alkyl halides is 3. The van der Waals surface area contributed by atoms with Crippen molar-refractivity contribution in [1.82, 2.24) is 5.32 Å². The van der Waals surface area contributed by atoms with E-state index in [2.05, 4.69) is 5.32 Å². The topological polar surface area (TPSA) is 21.3 Å².